The van der Waals surface area contributed by atoms with Crippen LogP contribution in [0.3, 0.4) is 0 Å². The summed E-state index contributed by atoms with van der Waals surface area (Å²) in [4.78, 5) is 5.02. The van der Waals surface area contributed by atoms with Crippen LogP contribution in [0.25, 0.3) is 0 Å². The molecule has 0 aromatic rings. The lowest BCUT2D eigenvalue weighted by Crippen LogP contribution is -2.48. The van der Waals surface area contributed by atoms with Gasteiger partial charge in [0.25, 0.3) is 0 Å². The van der Waals surface area contributed by atoms with E-state index in [2.05, 4.69) is 30.6 Å². The van der Waals surface area contributed by atoms with Crippen LogP contribution in [0.1, 0.15) is 20.8 Å². The second-order valence-corrected chi connectivity index (χ2v) is 5.28. The first kappa shape index (κ1) is 12.9. The van der Waals surface area contributed by atoms with Gasteiger partial charge in [0.2, 0.25) is 0 Å². The molecule has 3 nitrogen and oxygen atoms in total. The monoisotopic (exact) mass is 214 g/mol. The number of rotatable bonds is 5. The van der Waals surface area contributed by atoms with Crippen molar-refractivity contribution in [1.29, 1.82) is 0 Å². The Bertz CT molecular complexity index is 165. The van der Waals surface area contributed by atoms with Crippen molar-refractivity contribution in [2.75, 3.05) is 45.9 Å². The molecule has 1 atom stereocenters. The maximum atomic E-state index is 9.00. The quantitative estimate of drug-likeness (QED) is 0.736. The summed E-state index contributed by atoms with van der Waals surface area (Å²) in [6, 6.07) is 0. The fourth-order valence-corrected chi connectivity index (χ4v) is 2.17. The van der Waals surface area contributed by atoms with Crippen LogP contribution in [0, 0.1) is 11.8 Å². The Morgan fingerprint density at radius 1 is 0.933 bits per heavy atom. The molecule has 1 rings (SSSR count). The average Bonchev–Trinajstić information content (AvgIpc) is 2.20. The molecule has 1 N–H and O–H groups in total. The van der Waals surface area contributed by atoms with Gasteiger partial charge in [0.05, 0.1) is 0 Å². The summed E-state index contributed by atoms with van der Waals surface area (Å²) in [7, 11) is 0. The number of piperazine rings is 1. The van der Waals surface area contributed by atoms with Gasteiger partial charge in [-0.2, -0.15) is 0 Å². The minimum Gasteiger partial charge on any atom is -0.396 e. The highest BCUT2D eigenvalue weighted by Crippen LogP contribution is 2.07. The molecule has 1 saturated heterocycles. The van der Waals surface area contributed by atoms with Crippen molar-refractivity contribution in [3.8, 4) is 0 Å². The third-order valence-corrected chi connectivity index (χ3v) is 2.97. The summed E-state index contributed by atoms with van der Waals surface area (Å²) < 4.78 is 0. The fourth-order valence-electron chi connectivity index (χ4n) is 2.17. The molecular weight excluding hydrogens is 188 g/mol. The van der Waals surface area contributed by atoms with Crippen LogP contribution >= 0.6 is 0 Å². The summed E-state index contributed by atoms with van der Waals surface area (Å²) in [6.45, 7) is 14.0. The molecule has 1 heterocycles. The van der Waals surface area contributed by atoms with E-state index in [0.717, 1.165) is 25.6 Å². The zero-order valence-electron chi connectivity index (χ0n) is 10.4. The van der Waals surface area contributed by atoms with Crippen molar-refractivity contribution >= 4 is 0 Å². The van der Waals surface area contributed by atoms with E-state index in [1.165, 1.54) is 19.6 Å². The first-order chi connectivity index (χ1) is 7.11. The second-order valence-electron chi connectivity index (χ2n) is 5.28. The molecular formula is C12H26N2O. The summed E-state index contributed by atoms with van der Waals surface area (Å²) in [5, 5.41) is 9.00. The molecule has 3 heteroatoms. The lowest BCUT2D eigenvalue weighted by atomic mass is 10.1. The molecule has 0 spiro atoms. The van der Waals surface area contributed by atoms with E-state index < -0.39 is 0 Å². The zero-order chi connectivity index (χ0) is 11.3. The van der Waals surface area contributed by atoms with Crippen molar-refractivity contribution in [3.05, 3.63) is 0 Å². The van der Waals surface area contributed by atoms with Gasteiger partial charge in [-0.05, 0) is 11.8 Å². The molecule has 0 saturated carbocycles. The Morgan fingerprint density at radius 3 is 1.80 bits per heavy atom. The standard InChI is InChI=1S/C12H26N2O/c1-11(2)8-13-4-6-14(7-5-13)9-12(3)10-15/h11-12,15H,4-10H2,1-3H3. The highest BCUT2D eigenvalue weighted by atomic mass is 16.3. The molecule has 90 valence electrons. The fraction of sp³-hybridized carbons (Fsp3) is 1.00. The Kier molecular flexibility index (Phi) is 5.58. The van der Waals surface area contributed by atoms with E-state index in [1.54, 1.807) is 0 Å². The Hall–Kier alpha value is -0.120. The molecule has 1 aliphatic heterocycles. The smallest absolute Gasteiger partial charge is 0.0468 e. The minimum absolute atomic E-state index is 0.312. The van der Waals surface area contributed by atoms with Gasteiger partial charge >= 0.3 is 0 Å². The summed E-state index contributed by atoms with van der Waals surface area (Å²) >= 11 is 0. The third-order valence-electron chi connectivity index (χ3n) is 2.97. The lowest BCUT2D eigenvalue weighted by Gasteiger charge is -2.36. The Balaban J connectivity index is 2.18. The molecule has 1 unspecified atom stereocenters. The van der Waals surface area contributed by atoms with Gasteiger partial charge in [0, 0.05) is 45.9 Å². The number of hydrogen-bond acceptors (Lipinski definition) is 3. The molecule has 0 bridgehead atoms. The molecule has 1 aliphatic rings. The van der Waals surface area contributed by atoms with Crippen LogP contribution < -0.4 is 0 Å². The van der Waals surface area contributed by atoms with Gasteiger partial charge in [0.1, 0.15) is 0 Å². The van der Waals surface area contributed by atoms with Gasteiger partial charge in [0.15, 0.2) is 0 Å². The topological polar surface area (TPSA) is 26.7 Å². The molecule has 0 aromatic carbocycles. The molecule has 1 fully saturated rings. The lowest BCUT2D eigenvalue weighted by molar-refractivity contribution is 0.0984. The summed E-state index contributed by atoms with van der Waals surface area (Å²) in [6.07, 6.45) is 0. The van der Waals surface area contributed by atoms with Crippen LogP contribution in [-0.4, -0.2) is 60.8 Å². The van der Waals surface area contributed by atoms with E-state index in [9.17, 15) is 0 Å². The van der Waals surface area contributed by atoms with E-state index in [0.29, 0.717) is 12.5 Å². The van der Waals surface area contributed by atoms with Crippen LogP contribution in [0.4, 0.5) is 0 Å². The van der Waals surface area contributed by atoms with Crippen LogP contribution in [-0.2, 0) is 0 Å². The van der Waals surface area contributed by atoms with Gasteiger partial charge in [-0.25, -0.2) is 0 Å². The number of aliphatic hydroxyl groups excluding tert-OH is 1. The second kappa shape index (κ2) is 6.46. The highest BCUT2D eigenvalue weighted by molar-refractivity contribution is 4.73. The summed E-state index contributed by atoms with van der Waals surface area (Å²) in [5.74, 6) is 1.19. The van der Waals surface area contributed by atoms with Crippen LogP contribution in [0.2, 0.25) is 0 Å². The van der Waals surface area contributed by atoms with Crippen LogP contribution in [0.5, 0.6) is 0 Å². The number of hydrogen-bond donors (Lipinski definition) is 1. The Labute approximate surface area is 94.1 Å². The minimum atomic E-state index is 0.312. The zero-order valence-corrected chi connectivity index (χ0v) is 10.4. The third kappa shape index (κ3) is 4.96. The molecule has 0 aliphatic carbocycles. The van der Waals surface area contributed by atoms with Gasteiger partial charge in [-0.15, -0.1) is 0 Å². The SMILES string of the molecule is CC(C)CN1CCN(CC(C)CO)CC1. The molecule has 0 aromatic heterocycles. The first-order valence-electron chi connectivity index (χ1n) is 6.17. The maximum Gasteiger partial charge on any atom is 0.0468 e. The largest absolute Gasteiger partial charge is 0.396 e. The van der Waals surface area contributed by atoms with Crippen molar-refractivity contribution in [3.63, 3.8) is 0 Å². The highest BCUT2D eigenvalue weighted by Gasteiger charge is 2.18. The molecule has 0 amide bonds. The number of aliphatic hydroxyl groups is 1. The van der Waals surface area contributed by atoms with Gasteiger partial charge in [-0.1, -0.05) is 20.8 Å². The van der Waals surface area contributed by atoms with E-state index >= 15 is 0 Å². The van der Waals surface area contributed by atoms with Crippen molar-refractivity contribution in [2.45, 2.75) is 20.8 Å². The predicted octanol–water partition coefficient (Wildman–Crippen LogP) is 0.888. The normalized spacial score (nSPS) is 22.2. The average molecular weight is 214 g/mol. The Morgan fingerprint density at radius 2 is 1.40 bits per heavy atom. The first-order valence-corrected chi connectivity index (χ1v) is 6.17. The van der Waals surface area contributed by atoms with Crippen LogP contribution in [0.15, 0.2) is 0 Å². The van der Waals surface area contributed by atoms with Gasteiger partial charge in [-0.3, -0.25) is 0 Å². The number of nitrogens with zero attached hydrogens (tertiary/aromatic N) is 2. The van der Waals surface area contributed by atoms with E-state index in [4.69, 9.17) is 5.11 Å². The van der Waals surface area contributed by atoms with Crippen molar-refractivity contribution < 1.29 is 5.11 Å². The molecule has 0 radical (unpaired) electrons. The van der Waals surface area contributed by atoms with Gasteiger partial charge < -0.3 is 14.9 Å². The van der Waals surface area contributed by atoms with E-state index in [1.807, 2.05) is 0 Å². The van der Waals surface area contributed by atoms with Crippen molar-refractivity contribution in [2.24, 2.45) is 11.8 Å². The summed E-state index contributed by atoms with van der Waals surface area (Å²) in [5.41, 5.74) is 0. The van der Waals surface area contributed by atoms with Crippen molar-refractivity contribution in [1.82, 2.24) is 9.80 Å². The molecule has 15 heavy (non-hydrogen) atoms. The van der Waals surface area contributed by atoms with E-state index in [-0.39, 0.29) is 0 Å². The maximum absolute atomic E-state index is 9.00. The predicted molar refractivity (Wildman–Crippen MR) is 64.0 cm³/mol.